The lowest BCUT2D eigenvalue weighted by atomic mass is 10.2. The minimum Gasteiger partial charge on any atom is -0.340 e. The second-order valence-electron chi connectivity index (χ2n) is 9.16. The zero-order valence-corrected chi connectivity index (χ0v) is 23.6. The van der Waals surface area contributed by atoms with E-state index in [1.54, 1.807) is 73.0 Å². The molecule has 0 amide bonds. The molecule has 0 fully saturated rings. The molecule has 2 aromatic carbocycles. The Morgan fingerprint density at radius 1 is 0.974 bits per heavy atom. The van der Waals surface area contributed by atoms with Crippen LogP contribution in [0.3, 0.4) is 0 Å². The number of likely N-dealkylation sites (N-methyl/N-ethyl adjacent to an activating group) is 1. The maximum absolute atomic E-state index is 12.9. The first-order valence-corrected chi connectivity index (χ1v) is 15.8. The molecule has 0 bridgehead atoms. The molecule has 1 atom stereocenters. The Balaban J connectivity index is 1.49. The van der Waals surface area contributed by atoms with E-state index in [1.807, 2.05) is 18.0 Å². The Hall–Kier alpha value is -3.36. The Bertz CT molecular complexity index is 1620. The first kappa shape index (κ1) is 28.6. The van der Waals surface area contributed by atoms with Gasteiger partial charge in [-0.1, -0.05) is 18.2 Å². The van der Waals surface area contributed by atoms with Gasteiger partial charge in [-0.15, -0.1) is 0 Å². The smallest absolute Gasteiger partial charge is 0.206 e. The standard InChI is InChI=1S/C26H32N6O5S2/c1-31(15-16-38(3,33)34)14-13-27-25-17-23-24(18-32(25)37-2)28-19-29-26(23)30-20-9-11-22(12-10-20)39(35,36)21-7-5-4-6-8-21/h4-12,17-19,25,27H,13-16H2,1-3H3,(H,28,29,30). The number of sulfone groups is 2. The fourth-order valence-electron chi connectivity index (χ4n) is 3.95. The van der Waals surface area contributed by atoms with Crippen molar-refractivity contribution in [2.24, 2.45) is 0 Å². The molecular weight excluding hydrogens is 540 g/mol. The van der Waals surface area contributed by atoms with E-state index in [1.165, 1.54) is 12.6 Å². The van der Waals surface area contributed by atoms with E-state index in [4.69, 9.17) is 4.84 Å². The minimum atomic E-state index is -3.61. The zero-order valence-electron chi connectivity index (χ0n) is 22.0. The lowest BCUT2D eigenvalue weighted by molar-refractivity contribution is -0.0946. The molecule has 208 valence electrons. The Morgan fingerprint density at radius 3 is 2.33 bits per heavy atom. The molecule has 0 radical (unpaired) electrons. The van der Waals surface area contributed by atoms with Crippen LogP contribution >= 0.6 is 0 Å². The highest BCUT2D eigenvalue weighted by Crippen LogP contribution is 2.22. The van der Waals surface area contributed by atoms with Crippen molar-refractivity contribution in [3.63, 3.8) is 0 Å². The molecule has 0 aliphatic carbocycles. The summed E-state index contributed by atoms with van der Waals surface area (Å²) in [5, 5.41) is 9.71. The number of hydrogen-bond acceptors (Lipinski definition) is 11. The number of nitrogens with zero attached hydrogens (tertiary/aromatic N) is 4. The monoisotopic (exact) mass is 572 g/mol. The average molecular weight is 573 g/mol. The fourth-order valence-corrected chi connectivity index (χ4v) is 5.88. The highest BCUT2D eigenvalue weighted by molar-refractivity contribution is 7.91. The van der Waals surface area contributed by atoms with E-state index in [9.17, 15) is 16.8 Å². The SMILES string of the molecule is CON1C=c2ncnc(Nc3ccc(S(=O)(=O)c4ccccc4)cc3)c2=CC1NCCN(C)CCS(C)(=O)=O. The van der Waals surface area contributed by atoms with Gasteiger partial charge in [-0.25, -0.2) is 31.9 Å². The number of fused-ring (bicyclic) bond motifs is 1. The van der Waals surface area contributed by atoms with Crippen LogP contribution in [-0.4, -0.2) is 88.7 Å². The summed E-state index contributed by atoms with van der Waals surface area (Å²) in [6.07, 6.45) is 6.05. The van der Waals surface area contributed by atoms with Crippen LogP contribution in [-0.2, 0) is 24.5 Å². The van der Waals surface area contributed by atoms with Crippen LogP contribution in [0, 0.1) is 0 Å². The van der Waals surface area contributed by atoms with E-state index < -0.39 is 19.7 Å². The van der Waals surface area contributed by atoms with Gasteiger partial charge in [0.2, 0.25) is 9.84 Å². The van der Waals surface area contributed by atoms with Gasteiger partial charge in [-0.2, -0.15) is 0 Å². The van der Waals surface area contributed by atoms with E-state index >= 15 is 0 Å². The summed E-state index contributed by atoms with van der Waals surface area (Å²) < 4.78 is 48.6. The minimum absolute atomic E-state index is 0.107. The third-order valence-electron chi connectivity index (χ3n) is 6.15. The zero-order chi connectivity index (χ0) is 28.0. The molecule has 13 heteroatoms. The van der Waals surface area contributed by atoms with E-state index in [0.717, 1.165) is 5.22 Å². The second-order valence-corrected chi connectivity index (χ2v) is 13.4. The molecule has 2 heterocycles. The van der Waals surface area contributed by atoms with Crippen molar-refractivity contribution >= 4 is 43.5 Å². The molecule has 0 saturated heterocycles. The first-order chi connectivity index (χ1) is 18.6. The summed E-state index contributed by atoms with van der Waals surface area (Å²) in [5.74, 6) is 0.665. The summed E-state index contributed by atoms with van der Waals surface area (Å²) >= 11 is 0. The summed E-state index contributed by atoms with van der Waals surface area (Å²) in [5.41, 5.74) is 0.669. The number of hydrogen-bond donors (Lipinski definition) is 2. The van der Waals surface area contributed by atoms with Crippen LogP contribution in [0.15, 0.2) is 70.7 Å². The number of nitrogens with one attached hydrogen (secondary N) is 2. The Kier molecular flexibility index (Phi) is 8.97. The van der Waals surface area contributed by atoms with Gasteiger partial charge < -0.3 is 10.2 Å². The molecule has 39 heavy (non-hydrogen) atoms. The third-order valence-corrected chi connectivity index (χ3v) is 8.86. The molecule has 11 nitrogen and oxygen atoms in total. The topological polar surface area (TPSA) is 134 Å². The lowest BCUT2D eigenvalue weighted by Gasteiger charge is -2.29. The van der Waals surface area contributed by atoms with Crippen molar-refractivity contribution in [1.29, 1.82) is 0 Å². The van der Waals surface area contributed by atoms with Crippen molar-refractivity contribution in [3.8, 4) is 0 Å². The van der Waals surface area contributed by atoms with Crippen LogP contribution in [0.4, 0.5) is 11.5 Å². The molecule has 3 aromatic rings. The van der Waals surface area contributed by atoms with Gasteiger partial charge in [-0.3, -0.25) is 10.2 Å². The number of anilines is 2. The van der Waals surface area contributed by atoms with Gasteiger partial charge in [-0.05, 0) is 49.5 Å². The first-order valence-electron chi connectivity index (χ1n) is 12.2. The average Bonchev–Trinajstić information content (AvgIpc) is 2.92. The van der Waals surface area contributed by atoms with Crippen LogP contribution in [0.25, 0.3) is 12.3 Å². The molecule has 1 unspecified atom stereocenters. The molecular formula is C26H32N6O5S2. The van der Waals surface area contributed by atoms with Crippen LogP contribution in [0.2, 0.25) is 0 Å². The predicted octanol–water partition coefficient (Wildman–Crippen LogP) is 0.341. The van der Waals surface area contributed by atoms with Crippen molar-refractivity contribution in [2.75, 3.05) is 51.1 Å². The molecule has 1 aliphatic heterocycles. The highest BCUT2D eigenvalue weighted by Gasteiger charge is 2.19. The highest BCUT2D eigenvalue weighted by atomic mass is 32.2. The summed E-state index contributed by atoms with van der Waals surface area (Å²) in [4.78, 5) is 16.7. The molecule has 1 aliphatic rings. The van der Waals surface area contributed by atoms with Crippen molar-refractivity contribution < 1.29 is 21.7 Å². The van der Waals surface area contributed by atoms with E-state index in [-0.39, 0.29) is 21.7 Å². The maximum Gasteiger partial charge on any atom is 0.206 e. The molecule has 2 N–H and O–H groups in total. The van der Waals surface area contributed by atoms with Crippen molar-refractivity contribution in [3.05, 3.63) is 71.5 Å². The summed E-state index contributed by atoms with van der Waals surface area (Å²) in [6, 6.07) is 14.8. The van der Waals surface area contributed by atoms with Gasteiger partial charge >= 0.3 is 0 Å². The molecule has 4 rings (SSSR count). The van der Waals surface area contributed by atoms with Gasteiger partial charge in [0, 0.05) is 36.8 Å². The number of aromatic nitrogens is 2. The fraction of sp³-hybridized carbons (Fsp3) is 0.308. The summed E-state index contributed by atoms with van der Waals surface area (Å²) in [7, 11) is -3.19. The number of benzene rings is 2. The predicted molar refractivity (Wildman–Crippen MR) is 150 cm³/mol. The van der Waals surface area contributed by atoms with Crippen LogP contribution < -0.4 is 21.2 Å². The maximum atomic E-state index is 12.9. The Morgan fingerprint density at radius 2 is 1.67 bits per heavy atom. The second kappa shape index (κ2) is 12.2. The summed E-state index contributed by atoms with van der Waals surface area (Å²) in [6.45, 7) is 1.67. The van der Waals surface area contributed by atoms with E-state index in [0.29, 0.717) is 36.5 Å². The van der Waals surface area contributed by atoms with Gasteiger partial charge in [0.15, 0.2) is 0 Å². The molecule has 0 spiro atoms. The van der Waals surface area contributed by atoms with Crippen molar-refractivity contribution in [2.45, 2.75) is 16.0 Å². The molecule has 0 saturated carbocycles. The molecule has 1 aromatic heterocycles. The largest absolute Gasteiger partial charge is 0.340 e. The lowest BCUT2D eigenvalue weighted by Crippen LogP contribution is -2.50. The van der Waals surface area contributed by atoms with Crippen molar-refractivity contribution in [1.82, 2.24) is 25.2 Å². The Labute approximate surface area is 228 Å². The van der Waals surface area contributed by atoms with Gasteiger partial charge in [0.05, 0.1) is 34.2 Å². The third kappa shape index (κ3) is 7.40. The van der Waals surface area contributed by atoms with E-state index in [2.05, 4.69) is 20.6 Å². The van der Waals surface area contributed by atoms with Crippen LogP contribution in [0.1, 0.15) is 0 Å². The normalized spacial score (nSPS) is 15.4. The van der Waals surface area contributed by atoms with Gasteiger partial charge in [0.25, 0.3) is 0 Å². The van der Waals surface area contributed by atoms with Crippen LogP contribution in [0.5, 0.6) is 0 Å². The number of hydroxylamine groups is 2. The van der Waals surface area contributed by atoms with Gasteiger partial charge in [0.1, 0.15) is 28.1 Å². The quantitative estimate of drug-likeness (QED) is 0.311. The number of rotatable bonds is 12.